The van der Waals surface area contributed by atoms with Crippen molar-refractivity contribution in [3.8, 4) is 17.1 Å². The Hall–Kier alpha value is -3.69. The van der Waals surface area contributed by atoms with Crippen molar-refractivity contribution in [2.24, 2.45) is 0 Å². The number of aromatic amines is 2. The summed E-state index contributed by atoms with van der Waals surface area (Å²) in [6, 6.07) is 13.5. The lowest BCUT2D eigenvalue weighted by Crippen LogP contribution is -2.28. The van der Waals surface area contributed by atoms with Crippen LogP contribution in [0.1, 0.15) is 11.1 Å². The normalized spacial score (nSPS) is 12.2. The summed E-state index contributed by atoms with van der Waals surface area (Å²) in [6.07, 6.45) is 7.53. The Kier molecular flexibility index (Phi) is 6.04. The summed E-state index contributed by atoms with van der Waals surface area (Å²) in [4.78, 5) is 27.8. The summed E-state index contributed by atoms with van der Waals surface area (Å²) in [7, 11) is 0. The van der Waals surface area contributed by atoms with Crippen molar-refractivity contribution in [3.63, 3.8) is 0 Å². The predicted molar refractivity (Wildman–Crippen MR) is 136 cm³/mol. The maximum Gasteiger partial charge on any atom is 0.261 e. The first kappa shape index (κ1) is 22.1. The Morgan fingerprint density at radius 2 is 2.12 bits per heavy atom. The second-order valence-corrected chi connectivity index (χ2v) is 9.08. The molecule has 0 radical (unpaired) electrons. The number of H-pyrrole nitrogens is 2. The van der Waals surface area contributed by atoms with Gasteiger partial charge in [-0.25, -0.2) is 9.97 Å². The lowest BCUT2D eigenvalue weighted by Gasteiger charge is -2.19. The number of fused-ring (bicyclic) bond motifs is 1. The molecule has 3 aromatic heterocycles. The number of aliphatic hydroxyl groups excluding tert-OH is 1. The Morgan fingerprint density at radius 1 is 1.24 bits per heavy atom. The summed E-state index contributed by atoms with van der Waals surface area (Å²) in [5.74, 6) is 0.462. The lowest BCUT2D eigenvalue weighted by molar-refractivity contribution is 0.273. The van der Waals surface area contributed by atoms with Gasteiger partial charge in [0.1, 0.15) is 11.4 Å². The van der Waals surface area contributed by atoms with Gasteiger partial charge >= 0.3 is 0 Å². The molecule has 0 aliphatic rings. The van der Waals surface area contributed by atoms with E-state index in [4.69, 9.17) is 4.98 Å². The van der Waals surface area contributed by atoms with Gasteiger partial charge in [-0.1, -0.05) is 28.1 Å². The van der Waals surface area contributed by atoms with Gasteiger partial charge in [0.05, 0.1) is 35.7 Å². The third kappa shape index (κ3) is 4.40. The van der Waals surface area contributed by atoms with Gasteiger partial charge in [-0.05, 0) is 54.8 Å². The number of aromatic nitrogens is 5. The molecule has 3 heterocycles. The smallest absolute Gasteiger partial charge is 0.261 e. The maximum atomic E-state index is 12.9. The summed E-state index contributed by atoms with van der Waals surface area (Å²) in [5.41, 5.74) is 5.34. The Morgan fingerprint density at radius 3 is 2.88 bits per heavy atom. The summed E-state index contributed by atoms with van der Waals surface area (Å²) < 4.78 is 2.90. The molecule has 172 valence electrons. The number of rotatable bonds is 7. The zero-order valence-electron chi connectivity index (χ0n) is 18.4. The zero-order chi connectivity index (χ0) is 23.7. The van der Waals surface area contributed by atoms with Crippen molar-refractivity contribution in [2.45, 2.75) is 19.4 Å². The molecule has 0 aliphatic carbocycles. The van der Waals surface area contributed by atoms with Gasteiger partial charge in [0.15, 0.2) is 0 Å². The monoisotopic (exact) mass is 518 g/mol. The average Bonchev–Trinajstić information content (AvgIpc) is 3.49. The summed E-state index contributed by atoms with van der Waals surface area (Å²) in [6.45, 7) is 1.90. The standard InChI is InChI=1S/C25H23BrN6O2/c1-15-9-19(32-8-7-27-14-32)12-21-23(15)31-24(30-21)22-20(5-6-28-25(22)34)29-18(13-33)11-16-3-2-4-17(26)10-16/h2-10,12,14,18,33H,11,13H2,1H3,(H,30,31)(H2,28,29,34)/t18-/m1/s1. The van der Waals surface area contributed by atoms with E-state index in [9.17, 15) is 9.90 Å². The molecule has 0 bridgehead atoms. The molecule has 1 atom stereocenters. The number of aryl methyl sites for hydroxylation is 1. The second-order valence-electron chi connectivity index (χ2n) is 8.17. The van der Waals surface area contributed by atoms with E-state index in [0.717, 1.165) is 32.3 Å². The van der Waals surface area contributed by atoms with Gasteiger partial charge in [-0.15, -0.1) is 0 Å². The fraction of sp³-hybridized carbons (Fsp3) is 0.160. The fourth-order valence-corrected chi connectivity index (χ4v) is 4.56. The first-order valence-electron chi connectivity index (χ1n) is 10.8. The molecular weight excluding hydrogens is 496 g/mol. The highest BCUT2D eigenvalue weighted by atomic mass is 79.9. The quantitative estimate of drug-likeness (QED) is 0.258. The molecule has 5 rings (SSSR count). The number of benzene rings is 2. The molecule has 2 aromatic carbocycles. The minimum atomic E-state index is -0.284. The largest absolute Gasteiger partial charge is 0.394 e. The predicted octanol–water partition coefficient (Wildman–Crippen LogP) is 4.19. The number of nitrogens with zero attached hydrogens (tertiary/aromatic N) is 3. The number of hydrogen-bond acceptors (Lipinski definition) is 5. The number of imidazole rings is 2. The minimum Gasteiger partial charge on any atom is -0.394 e. The molecule has 0 amide bonds. The van der Waals surface area contributed by atoms with Crippen LogP contribution in [0, 0.1) is 6.92 Å². The van der Waals surface area contributed by atoms with Crippen LogP contribution in [0.5, 0.6) is 0 Å². The van der Waals surface area contributed by atoms with Crippen LogP contribution in [0.4, 0.5) is 5.69 Å². The first-order valence-corrected chi connectivity index (χ1v) is 11.6. The maximum absolute atomic E-state index is 12.9. The van der Waals surface area contributed by atoms with Crippen LogP contribution >= 0.6 is 15.9 Å². The van der Waals surface area contributed by atoms with E-state index in [-0.39, 0.29) is 18.2 Å². The van der Waals surface area contributed by atoms with Crippen LogP contribution in [0.15, 0.2) is 76.6 Å². The summed E-state index contributed by atoms with van der Waals surface area (Å²) >= 11 is 3.49. The van der Waals surface area contributed by atoms with Crippen molar-refractivity contribution < 1.29 is 5.11 Å². The average molecular weight is 519 g/mol. The molecule has 0 saturated heterocycles. The zero-order valence-corrected chi connectivity index (χ0v) is 20.0. The number of nitrogens with one attached hydrogen (secondary N) is 3. The van der Waals surface area contributed by atoms with Gasteiger partial charge in [0.25, 0.3) is 5.56 Å². The number of hydrogen-bond donors (Lipinski definition) is 4. The second kappa shape index (κ2) is 9.28. The molecule has 4 N–H and O–H groups in total. The highest BCUT2D eigenvalue weighted by molar-refractivity contribution is 9.10. The van der Waals surface area contributed by atoms with Crippen LogP contribution in [-0.4, -0.2) is 42.3 Å². The summed E-state index contributed by atoms with van der Waals surface area (Å²) in [5, 5.41) is 13.4. The number of anilines is 1. The van der Waals surface area contributed by atoms with Crippen molar-refractivity contribution >= 4 is 32.7 Å². The molecule has 0 fully saturated rings. The SMILES string of the molecule is Cc1cc(-n2ccnc2)cc2[nH]c(-c3c(N[C@@H](CO)Cc4cccc(Br)c4)cc[nH]c3=O)nc12. The number of aliphatic hydroxyl groups is 1. The minimum absolute atomic E-state index is 0.0910. The van der Waals surface area contributed by atoms with Crippen molar-refractivity contribution in [1.29, 1.82) is 0 Å². The van der Waals surface area contributed by atoms with Crippen molar-refractivity contribution in [1.82, 2.24) is 24.5 Å². The molecule has 5 aromatic rings. The van der Waals surface area contributed by atoms with Gasteiger partial charge in [-0.3, -0.25) is 4.79 Å². The lowest BCUT2D eigenvalue weighted by atomic mass is 10.1. The third-order valence-corrected chi connectivity index (χ3v) is 6.21. The van der Waals surface area contributed by atoms with Crippen LogP contribution in [0.25, 0.3) is 28.1 Å². The van der Waals surface area contributed by atoms with Gasteiger partial charge in [0, 0.05) is 28.8 Å². The molecule has 34 heavy (non-hydrogen) atoms. The van der Waals surface area contributed by atoms with Crippen LogP contribution < -0.4 is 10.9 Å². The highest BCUT2D eigenvalue weighted by Gasteiger charge is 2.18. The third-order valence-electron chi connectivity index (χ3n) is 5.71. The van der Waals surface area contributed by atoms with Crippen molar-refractivity contribution in [2.75, 3.05) is 11.9 Å². The van der Waals surface area contributed by atoms with E-state index in [1.807, 2.05) is 54.1 Å². The molecule has 0 aliphatic heterocycles. The van der Waals surface area contributed by atoms with E-state index >= 15 is 0 Å². The number of pyridine rings is 1. The Balaban J connectivity index is 1.52. The molecule has 9 heteroatoms. The topological polar surface area (TPSA) is 112 Å². The van der Waals surface area contributed by atoms with E-state index in [2.05, 4.69) is 36.2 Å². The van der Waals surface area contributed by atoms with Crippen LogP contribution in [0.2, 0.25) is 0 Å². The van der Waals surface area contributed by atoms with Crippen LogP contribution in [0.3, 0.4) is 0 Å². The van der Waals surface area contributed by atoms with Gasteiger partial charge < -0.3 is 25.0 Å². The molecule has 0 unspecified atom stereocenters. The van der Waals surface area contributed by atoms with E-state index in [1.165, 1.54) is 0 Å². The fourth-order valence-electron chi connectivity index (χ4n) is 4.11. The Bertz CT molecular complexity index is 1510. The van der Waals surface area contributed by atoms with Gasteiger partial charge in [0.2, 0.25) is 0 Å². The van der Waals surface area contributed by atoms with E-state index in [0.29, 0.717) is 23.5 Å². The Labute approximate surface area is 203 Å². The van der Waals surface area contributed by atoms with E-state index < -0.39 is 0 Å². The van der Waals surface area contributed by atoms with Crippen LogP contribution in [-0.2, 0) is 6.42 Å². The highest BCUT2D eigenvalue weighted by Crippen LogP contribution is 2.28. The molecular formula is C25H23BrN6O2. The molecule has 8 nitrogen and oxygen atoms in total. The molecule has 0 saturated carbocycles. The van der Waals surface area contributed by atoms with Gasteiger partial charge in [-0.2, -0.15) is 0 Å². The van der Waals surface area contributed by atoms with E-state index in [1.54, 1.807) is 24.8 Å². The van der Waals surface area contributed by atoms with Crippen molar-refractivity contribution in [3.05, 3.63) is 93.3 Å². The first-order chi connectivity index (χ1) is 16.5. The number of halogens is 1. The molecule has 0 spiro atoms.